The Morgan fingerprint density at radius 2 is 1.85 bits per heavy atom. The fraction of sp³-hybridized carbons (Fsp3) is 0.500. The van der Waals surface area contributed by atoms with E-state index < -0.39 is 8.07 Å². The number of carbonyl (C=O) groups is 1. The Labute approximate surface area is 124 Å². The monoisotopic (exact) mass is 286 g/mol. The van der Waals surface area contributed by atoms with Gasteiger partial charge in [0.25, 0.3) is 0 Å². The van der Waals surface area contributed by atoms with Crippen molar-refractivity contribution in [2.75, 3.05) is 0 Å². The molecule has 0 aromatic heterocycles. The Morgan fingerprint density at radius 3 is 2.40 bits per heavy atom. The quantitative estimate of drug-likeness (QED) is 0.560. The molecule has 0 unspecified atom stereocenters. The van der Waals surface area contributed by atoms with Crippen LogP contribution in [-0.2, 0) is 4.79 Å². The molecule has 108 valence electrons. The summed E-state index contributed by atoms with van der Waals surface area (Å²) in [5.74, 6) is 0.791. The predicted molar refractivity (Wildman–Crippen MR) is 88.8 cm³/mol. The first-order chi connectivity index (χ1) is 9.37. The van der Waals surface area contributed by atoms with Gasteiger partial charge in [-0.3, -0.25) is 4.79 Å². The molecule has 0 fully saturated rings. The van der Waals surface area contributed by atoms with Crippen molar-refractivity contribution in [3.8, 4) is 0 Å². The van der Waals surface area contributed by atoms with Crippen molar-refractivity contribution in [3.05, 3.63) is 47.5 Å². The van der Waals surface area contributed by atoms with Gasteiger partial charge >= 0.3 is 0 Å². The lowest BCUT2D eigenvalue weighted by Crippen LogP contribution is -2.26. The molecule has 2 heteroatoms. The number of carbonyl (C=O) groups excluding carboxylic acids is 1. The molecule has 0 bridgehead atoms. The van der Waals surface area contributed by atoms with Gasteiger partial charge in [0.15, 0.2) is 0 Å². The summed E-state index contributed by atoms with van der Waals surface area (Å²) in [6.07, 6.45) is 4.53. The zero-order chi connectivity index (χ0) is 14.8. The molecule has 2 rings (SSSR count). The van der Waals surface area contributed by atoms with E-state index in [0.29, 0.717) is 5.78 Å². The van der Waals surface area contributed by atoms with Crippen molar-refractivity contribution < 1.29 is 4.79 Å². The van der Waals surface area contributed by atoms with Crippen LogP contribution in [0.2, 0.25) is 25.7 Å². The summed E-state index contributed by atoms with van der Waals surface area (Å²) in [5.41, 5.74) is 2.87. The fourth-order valence-corrected chi connectivity index (χ4v) is 4.92. The molecule has 1 aliphatic rings. The molecular weight excluding hydrogens is 260 g/mol. The third-order valence-electron chi connectivity index (χ3n) is 4.09. The summed E-state index contributed by atoms with van der Waals surface area (Å²) in [5, 5.41) is 0. The largest absolute Gasteiger partial charge is 0.300 e. The minimum Gasteiger partial charge on any atom is -0.300 e. The molecular formula is C18H26OSi. The van der Waals surface area contributed by atoms with Gasteiger partial charge in [-0.25, -0.2) is 0 Å². The van der Waals surface area contributed by atoms with Crippen molar-refractivity contribution in [2.45, 2.75) is 51.4 Å². The predicted octanol–water partition coefficient (Wildman–Crippen LogP) is 5.03. The summed E-state index contributed by atoms with van der Waals surface area (Å²) < 4.78 is 0. The average Bonchev–Trinajstić information content (AvgIpc) is 2.37. The summed E-state index contributed by atoms with van der Waals surface area (Å²) in [7, 11) is -1.08. The molecule has 0 N–H and O–H groups in total. The van der Waals surface area contributed by atoms with Crippen LogP contribution in [0.5, 0.6) is 0 Å². The third-order valence-corrected chi connectivity index (χ3v) is 5.60. The number of rotatable bonds is 4. The van der Waals surface area contributed by atoms with Crippen LogP contribution >= 0.6 is 0 Å². The van der Waals surface area contributed by atoms with E-state index in [1.54, 1.807) is 12.5 Å². The number of benzene rings is 1. The molecule has 0 saturated carbocycles. The second-order valence-electron chi connectivity index (χ2n) is 7.25. The van der Waals surface area contributed by atoms with E-state index in [0.717, 1.165) is 12.8 Å². The summed E-state index contributed by atoms with van der Waals surface area (Å²) in [6, 6.07) is 11.8. The van der Waals surface area contributed by atoms with Crippen LogP contribution in [-0.4, -0.2) is 13.9 Å². The molecule has 0 heterocycles. The molecule has 1 aliphatic carbocycles. The van der Waals surface area contributed by atoms with Gasteiger partial charge in [0.05, 0.1) is 0 Å². The van der Waals surface area contributed by atoms with E-state index >= 15 is 0 Å². The highest BCUT2D eigenvalue weighted by molar-refractivity contribution is 6.76. The minimum atomic E-state index is -1.08. The van der Waals surface area contributed by atoms with Crippen molar-refractivity contribution in [1.82, 2.24) is 0 Å². The fourth-order valence-electron chi connectivity index (χ4n) is 3.26. The Bertz CT molecular complexity index is 496. The van der Waals surface area contributed by atoms with E-state index in [1.165, 1.54) is 11.6 Å². The van der Waals surface area contributed by atoms with E-state index in [2.05, 4.69) is 50.0 Å². The number of allylic oxidation sites excluding steroid dienone is 2. The van der Waals surface area contributed by atoms with Crippen molar-refractivity contribution in [2.24, 2.45) is 5.92 Å². The van der Waals surface area contributed by atoms with E-state index in [9.17, 15) is 4.79 Å². The Kier molecular flexibility index (Phi) is 4.64. The van der Waals surface area contributed by atoms with Gasteiger partial charge in [0.1, 0.15) is 5.78 Å². The molecule has 0 radical (unpaired) electrons. The van der Waals surface area contributed by atoms with Crippen LogP contribution < -0.4 is 0 Å². The molecule has 2 atom stereocenters. The number of hydrogen-bond acceptors (Lipinski definition) is 1. The molecule has 1 aromatic rings. The zero-order valence-electron chi connectivity index (χ0n) is 13.1. The van der Waals surface area contributed by atoms with E-state index in [1.807, 2.05) is 6.07 Å². The molecule has 0 saturated heterocycles. The second-order valence-corrected chi connectivity index (χ2v) is 12.7. The van der Waals surface area contributed by atoms with Gasteiger partial charge in [0, 0.05) is 19.9 Å². The van der Waals surface area contributed by atoms with Gasteiger partial charge in [0.2, 0.25) is 0 Å². The maximum atomic E-state index is 12.0. The first-order valence-electron chi connectivity index (χ1n) is 7.62. The van der Waals surface area contributed by atoms with Crippen LogP contribution in [0.1, 0.15) is 31.2 Å². The van der Waals surface area contributed by atoms with Gasteiger partial charge in [-0.05, 0) is 31.4 Å². The van der Waals surface area contributed by atoms with Crippen LogP contribution in [0.15, 0.2) is 42.0 Å². The van der Waals surface area contributed by atoms with Gasteiger partial charge in [-0.1, -0.05) is 61.6 Å². The summed E-state index contributed by atoms with van der Waals surface area (Å²) in [4.78, 5) is 12.0. The Morgan fingerprint density at radius 1 is 1.20 bits per heavy atom. The Hall–Kier alpha value is -1.15. The normalized spacial score (nSPS) is 23.3. The van der Waals surface area contributed by atoms with Crippen molar-refractivity contribution >= 4 is 13.9 Å². The number of Topliss-reactive ketones (excluding diaryl/α,β-unsaturated/α-hetero) is 1. The smallest absolute Gasteiger partial charge is 0.133 e. The van der Waals surface area contributed by atoms with Gasteiger partial charge in [-0.15, -0.1) is 0 Å². The van der Waals surface area contributed by atoms with Gasteiger partial charge in [-0.2, -0.15) is 0 Å². The molecule has 1 aromatic carbocycles. The summed E-state index contributed by atoms with van der Waals surface area (Å²) in [6.45, 7) is 9.01. The molecule has 20 heavy (non-hydrogen) atoms. The first-order valence-corrected chi connectivity index (χ1v) is 11.3. The number of ketones is 1. The van der Waals surface area contributed by atoms with Crippen molar-refractivity contribution in [3.63, 3.8) is 0 Å². The lowest BCUT2D eigenvalue weighted by molar-refractivity contribution is -0.121. The average molecular weight is 286 g/mol. The van der Waals surface area contributed by atoms with Gasteiger partial charge < -0.3 is 0 Å². The highest BCUT2D eigenvalue weighted by atomic mass is 28.3. The van der Waals surface area contributed by atoms with Crippen LogP contribution in [0.25, 0.3) is 0 Å². The topological polar surface area (TPSA) is 17.1 Å². The molecule has 0 spiro atoms. The molecule has 1 nitrogen and oxygen atoms in total. The standard InChI is InChI=1S/C18H26OSi/c1-14(19)17-11-10-15(13-20(2,3)4)12-18(17)16-8-6-5-7-9-16/h5-9,12,17-18H,10-11,13H2,1-4H3/t17-,18+/m0/s1. The van der Waals surface area contributed by atoms with E-state index in [4.69, 9.17) is 0 Å². The zero-order valence-corrected chi connectivity index (χ0v) is 14.1. The Balaban J connectivity index is 2.30. The maximum Gasteiger partial charge on any atom is 0.133 e. The minimum absolute atomic E-state index is 0.169. The molecule has 0 amide bonds. The molecule has 0 aliphatic heterocycles. The van der Waals surface area contributed by atoms with Crippen LogP contribution in [0, 0.1) is 5.92 Å². The van der Waals surface area contributed by atoms with Crippen LogP contribution in [0.3, 0.4) is 0 Å². The third kappa shape index (κ3) is 3.92. The highest BCUT2D eigenvalue weighted by Gasteiger charge is 2.30. The van der Waals surface area contributed by atoms with Crippen molar-refractivity contribution in [1.29, 1.82) is 0 Å². The lowest BCUT2D eigenvalue weighted by atomic mass is 9.75. The first kappa shape index (κ1) is 15.2. The highest BCUT2D eigenvalue weighted by Crippen LogP contribution is 2.39. The lowest BCUT2D eigenvalue weighted by Gasteiger charge is -2.31. The van der Waals surface area contributed by atoms with E-state index in [-0.39, 0.29) is 11.8 Å². The van der Waals surface area contributed by atoms with Crippen LogP contribution in [0.4, 0.5) is 0 Å². The second kappa shape index (κ2) is 6.09. The maximum absolute atomic E-state index is 12.0. The number of hydrogen-bond donors (Lipinski definition) is 0. The SMILES string of the molecule is CC(=O)[C@@H]1CCC(C[Si](C)(C)C)=C[C@@H]1c1ccccc1. The summed E-state index contributed by atoms with van der Waals surface area (Å²) >= 11 is 0.